The molecule has 1 aliphatic rings. The first kappa shape index (κ1) is 10.8. The molecule has 4 nitrogen and oxygen atoms in total. The first-order chi connectivity index (χ1) is 7.86. The molecule has 4 heteroatoms. The maximum atomic E-state index is 11.7. The average molecular weight is 218 g/mol. The van der Waals surface area contributed by atoms with E-state index in [1.807, 2.05) is 12.1 Å². The molecular weight excluding hydrogens is 204 g/mol. The quantitative estimate of drug-likeness (QED) is 0.694. The molecule has 1 saturated heterocycles. The lowest BCUT2D eigenvalue weighted by molar-refractivity contribution is -0.129. The standard InChI is InChI=1S/C12H14N2O2/c15-12(14-7-9-16-10-8-14)2-1-11-3-5-13-6-4-11/h1-6H,7-10H2. The summed E-state index contributed by atoms with van der Waals surface area (Å²) in [5.74, 6) is 0.0418. The van der Waals surface area contributed by atoms with E-state index in [9.17, 15) is 4.79 Å². The SMILES string of the molecule is O=C(C=Cc1ccncc1)N1CCOCC1. The molecule has 0 saturated carbocycles. The number of rotatable bonds is 2. The predicted octanol–water partition coefficient (Wildman–Crippen LogP) is 0.954. The van der Waals surface area contributed by atoms with Gasteiger partial charge in [0.1, 0.15) is 0 Å². The molecule has 1 fully saturated rings. The first-order valence-electron chi connectivity index (χ1n) is 5.31. The lowest BCUT2D eigenvalue weighted by atomic mass is 10.2. The van der Waals surface area contributed by atoms with Crippen molar-refractivity contribution in [3.63, 3.8) is 0 Å². The summed E-state index contributed by atoms with van der Waals surface area (Å²) in [6.07, 6.45) is 6.82. The monoisotopic (exact) mass is 218 g/mol. The molecule has 0 aliphatic carbocycles. The highest BCUT2D eigenvalue weighted by Gasteiger charge is 2.13. The Morgan fingerprint density at radius 1 is 1.31 bits per heavy atom. The van der Waals surface area contributed by atoms with Crippen molar-refractivity contribution in [3.8, 4) is 0 Å². The Hall–Kier alpha value is -1.68. The third-order valence-electron chi connectivity index (χ3n) is 2.45. The zero-order valence-electron chi connectivity index (χ0n) is 9.00. The number of carbonyl (C=O) groups excluding carboxylic acids is 1. The van der Waals surface area contributed by atoms with Crippen LogP contribution in [0.1, 0.15) is 5.56 Å². The van der Waals surface area contributed by atoms with Gasteiger partial charge in [-0.15, -0.1) is 0 Å². The number of ether oxygens (including phenoxy) is 1. The van der Waals surface area contributed by atoms with Crippen LogP contribution in [-0.2, 0) is 9.53 Å². The molecule has 0 radical (unpaired) electrons. The van der Waals surface area contributed by atoms with E-state index in [-0.39, 0.29) is 5.91 Å². The zero-order chi connectivity index (χ0) is 11.2. The Balaban J connectivity index is 1.93. The normalized spacial score (nSPS) is 16.6. The molecular formula is C12H14N2O2. The maximum absolute atomic E-state index is 11.7. The van der Waals surface area contributed by atoms with Crippen molar-refractivity contribution in [2.75, 3.05) is 26.3 Å². The summed E-state index contributed by atoms with van der Waals surface area (Å²) in [6, 6.07) is 3.73. The smallest absolute Gasteiger partial charge is 0.246 e. The van der Waals surface area contributed by atoms with E-state index < -0.39 is 0 Å². The molecule has 0 bridgehead atoms. The molecule has 1 aromatic rings. The van der Waals surface area contributed by atoms with E-state index in [0.29, 0.717) is 26.3 Å². The topological polar surface area (TPSA) is 42.4 Å². The van der Waals surface area contributed by atoms with Crippen LogP contribution in [0.2, 0.25) is 0 Å². The summed E-state index contributed by atoms with van der Waals surface area (Å²) in [7, 11) is 0. The summed E-state index contributed by atoms with van der Waals surface area (Å²) in [5.41, 5.74) is 0.983. The lowest BCUT2D eigenvalue weighted by Gasteiger charge is -2.25. The van der Waals surface area contributed by atoms with E-state index in [2.05, 4.69) is 4.98 Å². The van der Waals surface area contributed by atoms with Crippen molar-refractivity contribution in [1.82, 2.24) is 9.88 Å². The number of pyridine rings is 1. The summed E-state index contributed by atoms with van der Waals surface area (Å²) in [4.78, 5) is 17.4. The first-order valence-corrected chi connectivity index (χ1v) is 5.31. The van der Waals surface area contributed by atoms with E-state index in [0.717, 1.165) is 5.56 Å². The average Bonchev–Trinajstić information content (AvgIpc) is 2.38. The summed E-state index contributed by atoms with van der Waals surface area (Å²) >= 11 is 0. The molecule has 0 aromatic carbocycles. The van der Waals surface area contributed by atoms with Crippen molar-refractivity contribution >= 4 is 12.0 Å². The van der Waals surface area contributed by atoms with Gasteiger partial charge in [0.2, 0.25) is 5.91 Å². The van der Waals surface area contributed by atoms with Crippen molar-refractivity contribution < 1.29 is 9.53 Å². The van der Waals surface area contributed by atoms with Crippen molar-refractivity contribution in [1.29, 1.82) is 0 Å². The Labute approximate surface area is 94.5 Å². The van der Waals surface area contributed by atoms with Gasteiger partial charge in [0.15, 0.2) is 0 Å². The van der Waals surface area contributed by atoms with Gasteiger partial charge in [0.05, 0.1) is 13.2 Å². The van der Waals surface area contributed by atoms with Crippen LogP contribution in [0.5, 0.6) is 0 Å². The van der Waals surface area contributed by atoms with Crippen LogP contribution in [0.25, 0.3) is 6.08 Å². The maximum Gasteiger partial charge on any atom is 0.246 e. The lowest BCUT2D eigenvalue weighted by Crippen LogP contribution is -2.39. The largest absolute Gasteiger partial charge is 0.378 e. The second kappa shape index (κ2) is 5.42. The molecule has 16 heavy (non-hydrogen) atoms. The van der Waals surface area contributed by atoms with Gasteiger partial charge in [-0.3, -0.25) is 9.78 Å². The molecule has 0 atom stereocenters. The van der Waals surface area contributed by atoms with Crippen LogP contribution in [0.15, 0.2) is 30.6 Å². The molecule has 84 valence electrons. The molecule has 2 rings (SSSR count). The number of carbonyl (C=O) groups is 1. The molecule has 0 unspecified atom stereocenters. The summed E-state index contributed by atoms with van der Waals surface area (Å²) in [6.45, 7) is 2.63. The third-order valence-corrected chi connectivity index (χ3v) is 2.45. The fourth-order valence-electron chi connectivity index (χ4n) is 1.53. The number of hydrogen-bond acceptors (Lipinski definition) is 3. The third kappa shape index (κ3) is 2.90. The minimum absolute atomic E-state index is 0.0418. The fourth-order valence-corrected chi connectivity index (χ4v) is 1.53. The Bertz CT molecular complexity index is 370. The minimum atomic E-state index is 0.0418. The molecule has 0 N–H and O–H groups in total. The molecule has 0 spiro atoms. The molecule has 1 amide bonds. The molecule has 1 aliphatic heterocycles. The van der Waals surface area contributed by atoms with Crippen LogP contribution in [0.3, 0.4) is 0 Å². The van der Waals surface area contributed by atoms with Gasteiger partial charge in [-0.05, 0) is 23.8 Å². The number of amides is 1. The van der Waals surface area contributed by atoms with Crippen molar-refractivity contribution in [2.45, 2.75) is 0 Å². The highest BCUT2D eigenvalue weighted by molar-refractivity contribution is 5.91. The number of aromatic nitrogens is 1. The van der Waals surface area contributed by atoms with Gasteiger partial charge >= 0.3 is 0 Å². The Morgan fingerprint density at radius 2 is 2.00 bits per heavy atom. The van der Waals surface area contributed by atoms with Crippen molar-refractivity contribution in [3.05, 3.63) is 36.2 Å². The summed E-state index contributed by atoms with van der Waals surface area (Å²) in [5, 5.41) is 0. The van der Waals surface area contributed by atoms with Gasteiger partial charge < -0.3 is 9.64 Å². The zero-order valence-corrected chi connectivity index (χ0v) is 9.00. The van der Waals surface area contributed by atoms with Gasteiger partial charge in [-0.1, -0.05) is 0 Å². The van der Waals surface area contributed by atoms with Gasteiger partial charge in [0, 0.05) is 31.6 Å². The van der Waals surface area contributed by atoms with Crippen LogP contribution in [0.4, 0.5) is 0 Å². The number of hydrogen-bond donors (Lipinski definition) is 0. The van der Waals surface area contributed by atoms with E-state index in [4.69, 9.17) is 4.74 Å². The fraction of sp³-hybridized carbons (Fsp3) is 0.333. The summed E-state index contributed by atoms with van der Waals surface area (Å²) < 4.78 is 5.19. The van der Waals surface area contributed by atoms with Crippen LogP contribution < -0.4 is 0 Å². The molecule has 2 heterocycles. The van der Waals surface area contributed by atoms with Crippen LogP contribution in [-0.4, -0.2) is 42.1 Å². The highest BCUT2D eigenvalue weighted by Crippen LogP contribution is 2.02. The molecule has 1 aromatic heterocycles. The van der Waals surface area contributed by atoms with Gasteiger partial charge in [-0.2, -0.15) is 0 Å². The second-order valence-corrected chi connectivity index (χ2v) is 3.55. The van der Waals surface area contributed by atoms with E-state index >= 15 is 0 Å². The number of morpholine rings is 1. The second-order valence-electron chi connectivity index (χ2n) is 3.55. The van der Waals surface area contributed by atoms with E-state index in [1.165, 1.54) is 0 Å². The van der Waals surface area contributed by atoms with Crippen LogP contribution in [0, 0.1) is 0 Å². The van der Waals surface area contributed by atoms with Gasteiger partial charge in [-0.25, -0.2) is 0 Å². The van der Waals surface area contributed by atoms with Crippen molar-refractivity contribution in [2.24, 2.45) is 0 Å². The van der Waals surface area contributed by atoms with E-state index in [1.54, 1.807) is 29.4 Å². The van der Waals surface area contributed by atoms with Gasteiger partial charge in [0.25, 0.3) is 0 Å². The Kier molecular flexibility index (Phi) is 3.66. The minimum Gasteiger partial charge on any atom is -0.378 e. The Morgan fingerprint density at radius 3 is 2.69 bits per heavy atom. The number of nitrogens with zero attached hydrogens (tertiary/aromatic N) is 2. The van der Waals surface area contributed by atoms with Crippen LogP contribution >= 0.6 is 0 Å². The predicted molar refractivity (Wildman–Crippen MR) is 60.7 cm³/mol. The highest BCUT2D eigenvalue weighted by atomic mass is 16.5.